The zero-order valence-electron chi connectivity index (χ0n) is 16.0. The van der Waals surface area contributed by atoms with Crippen molar-refractivity contribution in [2.24, 2.45) is 5.92 Å². The lowest BCUT2D eigenvalue weighted by Gasteiger charge is -2.12. The number of aromatic nitrogens is 2. The summed E-state index contributed by atoms with van der Waals surface area (Å²) in [7, 11) is -3.39. The SMILES string of the molecule is Cc1cnc(NC(=O)C(=CC2C[C@@H](F)[C@@H](F)C2)c2ccc(S(C)(=O)=O)cc2)cn1. The van der Waals surface area contributed by atoms with Crippen molar-refractivity contribution < 1.29 is 22.0 Å². The number of aryl methyl sites for hydroxylation is 1. The number of allylic oxidation sites excluding steroid dienone is 1. The molecule has 1 unspecified atom stereocenters. The molecule has 1 aliphatic rings. The number of alkyl halides is 2. The molecule has 1 N–H and O–H groups in total. The number of hydrogen-bond donors (Lipinski definition) is 1. The van der Waals surface area contributed by atoms with Gasteiger partial charge in [0.2, 0.25) is 0 Å². The highest BCUT2D eigenvalue weighted by Crippen LogP contribution is 2.34. The lowest BCUT2D eigenvalue weighted by Crippen LogP contribution is -2.16. The largest absolute Gasteiger partial charge is 0.305 e. The smallest absolute Gasteiger partial charge is 0.257 e. The van der Waals surface area contributed by atoms with E-state index < -0.39 is 34.0 Å². The fraction of sp³-hybridized carbons (Fsp3) is 0.350. The summed E-state index contributed by atoms with van der Waals surface area (Å²) in [5.74, 6) is -0.732. The standard InChI is InChI=1S/C20H21F2N3O3S/c1-12-10-24-19(11-23-12)25-20(26)16(7-13-8-17(21)18(22)9-13)14-3-5-15(6-4-14)29(2,27)28/h3-7,10-11,13,17-18H,8-9H2,1-2H3,(H,24,25,26)/t13?,17-,18+. The maximum Gasteiger partial charge on any atom is 0.257 e. The number of rotatable bonds is 5. The summed E-state index contributed by atoms with van der Waals surface area (Å²) in [6.45, 7) is 1.76. The average Bonchev–Trinajstić information content (AvgIpc) is 2.98. The van der Waals surface area contributed by atoms with Crippen LogP contribution in [0.5, 0.6) is 0 Å². The molecule has 0 aliphatic heterocycles. The van der Waals surface area contributed by atoms with E-state index in [0.717, 1.165) is 6.26 Å². The van der Waals surface area contributed by atoms with E-state index in [0.29, 0.717) is 11.3 Å². The van der Waals surface area contributed by atoms with Gasteiger partial charge in [0.05, 0.1) is 23.0 Å². The summed E-state index contributed by atoms with van der Waals surface area (Å²) < 4.78 is 50.6. The van der Waals surface area contributed by atoms with Gasteiger partial charge in [0.1, 0.15) is 12.3 Å². The fourth-order valence-corrected chi connectivity index (χ4v) is 3.80. The Morgan fingerprint density at radius 3 is 2.24 bits per heavy atom. The molecule has 1 amide bonds. The number of amides is 1. The first-order valence-corrected chi connectivity index (χ1v) is 10.9. The minimum absolute atomic E-state index is 0.0102. The second-order valence-electron chi connectivity index (χ2n) is 7.14. The molecule has 29 heavy (non-hydrogen) atoms. The van der Waals surface area contributed by atoms with Crippen molar-refractivity contribution in [2.45, 2.75) is 37.0 Å². The Morgan fingerprint density at radius 1 is 1.10 bits per heavy atom. The van der Waals surface area contributed by atoms with Gasteiger partial charge in [-0.25, -0.2) is 22.2 Å². The van der Waals surface area contributed by atoms with E-state index in [4.69, 9.17) is 0 Å². The monoisotopic (exact) mass is 421 g/mol. The van der Waals surface area contributed by atoms with E-state index in [1.165, 1.54) is 36.7 Å². The molecule has 0 radical (unpaired) electrons. The van der Waals surface area contributed by atoms with E-state index in [1.54, 1.807) is 13.0 Å². The predicted octanol–water partition coefficient (Wildman–Crippen LogP) is 3.30. The topological polar surface area (TPSA) is 89.0 Å². The first-order chi connectivity index (χ1) is 13.6. The molecule has 0 bridgehead atoms. The minimum Gasteiger partial charge on any atom is -0.305 e. The number of carbonyl (C=O) groups is 1. The van der Waals surface area contributed by atoms with Crippen LogP contribution in [-0.2, 0) is 14.6 Å². The first-order valence-electron chi connectivity index (χ1n) is 9.04. The third-order valence-electron chi connectivity index (χ3n) is 4.71. The quantitative estimate of drug-likeness (QED) is 0.749. The van der Waals surface area contributed by atoms with Crippen molar-refractivity contribution in [3.63, 3.8) is 0 Å². The number of sulfone groups is 1. The minimum atomic E-state index is -3.39. The van der Waals surface area contributed by atoms with E-state index >= 15 is 0 Å². The molecule has 1 saturated carbocycles. The Hall–Kier alpha value is -2.68. The molecule has 154 valence electrons. The van der Waals surface area contributed by atoms with Gasteiger partial charge in [0, 0.05) is 11.8 Å². The predicted molar refractivity (Wildman–Crippen MR) is 105 cm³/mol. The maximum atomic E-state index is 13.6. The molecule has 0 spiro atoms. The summed E-state index contributed by atoms with van der Waals surface area (Å²) >= 11 is 0. The van der Waals surface area contributed by atoms with Crippen LogP contribution in [0.4, 0.5) is 14.6 Å². The number of nitrogens with zero attached hydrogens (tertiary/aromatic N) is 2. The van der Waals surface area contributed by atoms with Crippen LogP contribution in [0.15, 0.2) is 47.6 Å². The van der Waals surface area contributed by atoms with Gasteiger partial charge in [-0.1, -0.05) is 18.2 Å². The van der Waals surface area contributed by atoms with E-state index in [9.17, 15) is 22.0 Å². The van der Waals surface area contributed by atoms with Crippen LogP contribution in [0.25, 0.3) is 5.57 Å². The molecule has 9 heteroatoms. The molecule has 3 rings (SSSR count). The third kappa shape index (κ3) is 5.23. The number of carbonyl (C=O) groups excluding carboxylic acids is 1. The van der Waals surface area contributed by atoms with Gasteiger partial charge >= 0.3 is 0 Å². The Balaban J connectivity index is 1.93. The number of benzene rings is 1. The summed E-state index contributed by atoms with van der Waals surface area (Å²) in [5, 5.41) is 2.62. The molecule has 1 aromatic heterocycles. The van der Waals surface area contributed by atoms with Crippen molar-refractivity contribution >= 4 is 27.1 Å². The highest BCUT2D eigenvalue weighted by atomic mass is 32.2. The lowest BCUT2D eigenvalue weighted by molar-refractivity contribution is -0.111. The van der Waals surface area contributed by atoms with E-state index in [2.05, 4.69) is 15.3 Å². The second-order valence-corrected chi connectivity index (χ2v) is 9.15. The van der Waals surface area contributed by atoms with Gasteiger partial charge in [-0.15, -0.1) is 0 Å². The van der Waals surface area contributed by atoms with Crippen LogP contribution >= 0.6 is 0 Å². The molecule has 2 aromatic rings. The molecular formula is C20H21F2N3O3S. The first kappa shape index (κ1) is 21.0. The van der Waals surface area contributed by atoms with Crippen molar-refractivity contribution in [1.29, 1.82) is 0 Å². The van der Waals surface area contributed by atoms with Crippen LogP contribution in [0.1, 0.15) is 24.1 Å². The van der Waals surface area contributed by atoms with Crippen LogP contribution < -0.4 is 5.32 Å². The molecule has 3 atom stereocenters. The number of halogens is 2. The van der Waals surface area contributed by atoms with Gasteiger partial charge in [-0.05, 0) is 43.4 Å². The van der Waals surface area contributed by atoms with Gasteiger partial charge in [-0.2, -0.15) is 0 Å². The summed E-state index contributed by atoms with van der Waals surface area (Å²) in [6.07, 6.45) is 2.39. The molecule has 1 aliphatic carbocycles. The normalized spacial score (nSPS) is 22.5. The molecule has 0 saturated heterocycles. The average molecular weight is 421 g/mol. The molecular weight excluding hydrogens is 400 g/mol. The molecule has 1 fully saturated rings. The Bertz CT molecular complexity index is 1010. The summed E-state index contributed by atoms with van der Waals surface area (Å²) in [4.78, 5) is 21.1. The highest BCUT2D eigenvalue weighted by Gasteiger charge is 2.34. The molecule has 1 heterocycles. The Morgan fingerprint density at radius 2 is 1.72 bits per heavy atom. The highest BCUT2D eigenvalue weighted by molar-refractivity contribution is 7.90. The van der Waals surface area contributed by atoms with Gasteiger partial charge in [0.15, 0.2) is 15.7 Å². The van der Waals surface area contributed by atoms with Crippen molar-refractivity contribution in [3.05, 3.63) is 54.0 Å². The van der Waals surface area contributed by atoms with Gasteiger partial charge < -0.3 is 5.32 Å². The molecule has 6 nitrogen and oxygen atoms in total. The molecule has 1 aromatic carbocycles. The van der Waals surface area contributed by atoms with E-state index in [1.807, 2.05) is 0 Å². The van der Waals surface area contributed by atoms with Crippen molar-refractivity contribution in [3.8, 4) is 0 Å². The van der Waals surface area contributed by atoms with Crippen LogP contribution in [0.2, 0.25) is 0 Å². The Kier molecular flexibility index (Phi) is 6.07. The van der Waals surface area contributed by atoms with E-state index in [-0.39, 0.29) is 29.1 Å². The van der Waals surface area contributed by atoms with Gasteiger partial charge in [-0.3, -0.25) is 9.78 Å². The van der Waals surface area contributed by atoms with Crippen LogP contribution in [-0.4, -0.2) is 42.9 Å². The van der Waals surface area contributed by atoms with Crippen LogP contribution in [0, 0.1) is 12.8 Å². The lowest BCUT2D eigenvalue weighted by atomic mass is 9.98. The summed E-state index contributed by atoms with van der Waals surface area (Å²) in [6, 6.07) is 5.78. The summed E-state index contributed by atoms with van der Waals surface area (Å²) in [5.41, 5.74) is 1.32. The van der Waals surface area contributed by atoms with Crippen LogP contribution in [0.3, 0.4) is 0 Å². The zero-order valence-corrected chi connectivity index (χ0v) is 16.8. The fourth-order valence-electron chi connectivity index (χ4n) is 3.17. The Labute approximate surface area is 168 Å². The zero-order chi connectivity index (χ0) is 21.2. The van der Waals surface area contributed by atoms with Gasteiger partial charge in [0.25, 0.3) is 5.91 Å². The van der Waals surface area contributed by atoms with Crippen molar-refractivity contribution in [2.75, 3.05) is 11.6 Å². The second kappa shape index (κ2) is 8.36. The number of hydrogen-bond acceptors (Lipinski definition) is 5. The van der Waals surface area contributed by atoms with Crippen molar-refractivity contribution in [1.82, 2.24) is 9.97 Å². The third-order valence-corrected chi connectivity index (χ3v) is 5.84. The maximum absolute atomic E-state index is 13.6. The number of anilines is 1. The number of nitrogens with one attached hydrogen (secondary N) is 1.